The van der Waals surface area contributed by atoms with E-state index in [9.17, 15) is 0 Å². The first-order chi connectivity index (χ1) is 13.7. The van der Waals surface area contributed by atoms with Crippen molar-refractivity contribution in [1.82, 2.24) is 9.88 Å². The Bertz CT molecular complexity index is 880. The number of nitrogens with one attached hydrogen (secondary N) is 1. The van der Waals surface area contributed by atoms with E-state index in [1.54, 1.807) is 13.3 Å². The fraction of sp³-hybridized carbons (Fsp3) is 0.217. The van der Waals surface area contributed by atoms with Crippen molar-refractivity contribution in [3.8, 4) is 5.75 Å². The van der Waals surface area contributed by atoms with Gasteiger partial charge in [0.2, 0.25) is 0 Å². The zero-order chi connectivity index (χ0) is 19.8. The van der Waals surface area contributed by atoms with Crippen LogP contribution in [0.1, 0.15) is 23.6 Å². The summed E-state index contributed by atoms with van der Waals surface area (Å²) in [7, 11) is 1.66. The normalized spacial score (nSPS) is 10.4. The van der Waals surface area contributed by atoms with E-state index in [0.717, 1.165) is 30.0 Å². The maximum absolute atomic E-state index is 5.73. The van der Waals surface area contributed by atoms with Gasteiger partial charge in [0, 0.05) is 31.2 Å². The summed E-state index contributed by atoms with van der Waals surface area (Å²) in [4.78, 5) is 6.38. The lowest BCUT2D eigenvalue weighted by molar-refractivity contribution is 0.412. The summed E-state index contributed by atoms with van der Waals surface area (Å²) in [6.07, 6.45) is 4.70. The molecule has 5 heteroatoms. The molecule has 0 fully saturated rings. The molecule has 4 nitrogen and oxygen atoms in total. The Kier molecular flexibility index (Phi) is 6.98. The van der Waals surface area contributed by atoms with Gasteiger partial charge in [-0.3, -0.25) is 4.98 Å². The minimum atomic E-state index is 0.675. The van der Waals surface area contributed by atoms with E-state index in [0.29, 0.717) is 11.7 Å². The second kappa shape index (κ2) is 9.85. The summed E-state index contributed by atoms with van der Waals surface area (Å²) < 4.78 is 5.22. The third-order valence-electron chi connectivity index (χ3n) is 4.53. The number of hydrogen-bond acceptors (Lipinski definition) is 3. The SMILES string of the molecule is CCc1ccc(CN(Cc2cccnc2)C(=S)Nc2ccc(OC)cc2)cc1. The van der Waals surface area contributed by atoms with Crippen LogP contribution in [0.5, 0.6) is 5.75 Å². The highest BCUT2D eigenvalue weighted by Crippen LogP contribution is 2.17. The van der Waals surface area contributed by atoms with E-state index >= 15 is 0 Å². The van der Waals surface area contributed by atoms with Crippen LogP contribution in [0.15, 0.2) is 73.1 Å². The molecule has 144 valence electrons. The van der Waals surface area contributed by atoms with Gasteiger partial charge in [0.25, 0.3) is 0 Å². The zero-order valence-electron chi connectivity index (χ0n) is 16.3. The molecule has 0 spiro atoms. The molecule has 0 saturated heterocycles. The predicted molar refractivity (Wildman–Crippen MR) is 119 cm³/mol. The summed E-state index contributed by atoms with van der Waals surface area (Å²) in [6.45, 7) is 3.57. The van der Waals surface area contributed by atoms with Crippen LogP contribution in [0.3, 0.4) is 0 Å². The lowest BCUT2D eigenvalue weighted by Crippen LogP contribution is -2.33. The minimum Gasteiger partial charge on any atom is -0.497 e. The number of hydrogen-bond donors (Lipinski definition) is 1. The van der Waals surface area contributed by atoms with Gasteiger partial charge in [-0.25, -0.2) is 0 Å². The second-order valence-corrected chi connectivity index (χ2v) is 6.93. The van der Waals surface area contributed by atoms with Crippen LogP contribution < -0.4 is 10.1 Å². The van der Waals surface area contributed by atoms with E-state index in [-0.39, 0.29) is 0 Å². The van der Waals surface area contributed by atoms with E-state index in [4.69, 9.17) is 17.0 Å². The van der Waals surface area contributed by atoms with Crippen molar-refractivity contribution < 1.29 is 4.74 Å². The van der Waals surface area contributed by atoms with Crippen molar-refractivity contribution in [2.45, 2.75) is 26.4 Å². The molecular formula is C23H25N3OS. The largest absolute Gasteiger partial charge is 0.497 e. The number of aromatic nitrogens is 1. The topological polar surface area (TPSA) is 37.4 Å². The van der Waals surface area contributed by atoms with Gasteiger partial charge in [0.05, 0.1) is 7.11 Å². The summed E-state index contributed by atoms with van der Waals surface area (Å²) in [5.74, 6) is 0.819. The van der Waals surface area contributed by atoms with Crippen molar-refractivity contribution in [3.05, 3.63) is 89.7 Å². The lowest BCUT2D eigenvalue weighted by Gasteiger charge is -2.26. The number of pyridine rings is 1. The monoisotopic (exact) mass is 391 g/mol. The molecule has 0 aliphatic carbocycles. The number of thiocarbonyl (C=S) groups is 1. The molecule has 0 atom stereocenters. The molecule has 0 bridgehead atoms. The summed E-state index contributed by atoms with van der Waals surface area (Å²) in [5.41, 5.74) is 4.61. The molecule has 3 aromatic rings. The molecule has 0 aliphatic heterocycles. The molecule has 1 aromatic heterocycles. The highest BCUT2D eigenvalue weighted by molar-refractivity contribution is 7.80. The number of aryl methyl sites for hydroxylation is 1. The number of rotatable bonds is 7. The number of nitrogens with zero attached hydrogens (tertiary/aromatic N) is 2. The molecule has 0 saturated carbocycles. The van der Waals surface area contributed by atoms with Crippen LogP contribution in [-0.2, 0) is 19.5 Å². The standard InChI is InChI=1S/C23H25N3OS/c1-3-18-6-8-19(9-7-18)16-26(17-20-5-4-14-24-15-20)23(28)25-21-10-12-22(27-2)13-11-21/h4-15H,3,16-17H2,1-2H3,(H,25,28). The Balaban J connectivity index is 1.76. The summed E-state index contributed by atoms with van der Waals surface area (Å²) in [5, 5.41) is 4.01. The average Bonchev–Trinajstić information content (AvgIpc) is 2.75. The smallest absolute Gasteiger partial charge is 0.174 e. The highest BCUT2D eigenvalue weighted by atomic mass is 32.1. The van der Waals surface area contributed by atoms with Crippen LogP contribution in [0.25, 0.3) is 0 Å². The van der Waals surface area contributed by atoms with Gasteiger partial charge < -0.3 is 15.0 Å². The molecule has 0 amide bonds. The molecule has 1 heterocycles. The van der Waals surface area contributed by atoms with Crippen molar-refractivity contribution in [3.63, 3.8) is 0 Å². The molecule has 2 aromatic carbocycles. The lowest BCUT2D eigenvalue weighted by atomic mass is 10.1. The first-order valence-electron chi connectivity index (χ1n) is 9.34. The van der Waals surface area contributed by atoms with Gasteiger partial charge in [0.15, 0.2) is 5.11 Å². The van der Waals surface area contributed by atoms with Gasteiger partial charge >= 0.3 is 0 Å². The molecule has 0 aliphatic rings. The van der Waals surface area contributed by atoms with Crippen LogP contribution in [0.4, 0.5) is 5.69 Å². The highest BCUT2D eigenvalue weighted by Gasteiger charge is 2.12. The van der Waals surface area contributed by atoms with E-state index in [2.05, 4.69) is 52.5 Å². The Labute approximate surface area is 172 Å². The fourth-order valence-corrected chi connectivity index (χ4v) is 3.14. The van der Waals surface area contributed by atoms with Crippen LogP contribution in [0, 0.1) is 0 Å². The zero-order valence-corrected chi connectivity index (χ0v) is 17.1. The molecule has 3 rings (SSSR count). The van der Waals surface area contributed by atoms with Crippen molar-refractivity contribution in [2.75, 3.05) is 12.4 Å². The van der Waals surface area contributed by atoms with Crippen LogP contribution in [0.2, 0.25) is 0 Å². The van der Waals surface area contributed by atoms with Crippen LogP contribution in [-0.4, -0.2) is 22.1 Å². The van der Waals surface area contributed by atoms with Crippen molar-refractivity contribution >= 4 is 23.0 Å². The maximum Gasteiger partial charge on any atom is 0.174 e. The molecule has 0 radical (unpaired) electrons. The van der Waals surface area contributed by atoms with E-state index < -0.39 is 0 Å². The third-order valence-corrected chi connectivity index (χ3v) is 4.89. The average molecular weight is 392 g/mol. The Hall–Kier alpha value is -2.92. The molecule has 28 heavy (non-hydrogen) atoms. The Morgan fingerprint density at radius 2 is 1.64 bits per heavy atom. The molecular weight excluding hydrogens is 366 g/mol. The second-order valence-electron chi connectivity index (χ2n) is 6.55. The third kappa shape index (κ3) is 5.54. The number of benzene rings is 2. The minimum absolute atomic E-state index is 0.675. The maximum atomic E-state index is 5.73. The number of anilines is 1. The Morgan fingerprint density at radius 1 is 0.964 bits per heavy atom. The fourth-order valence-electron chi connectivity index (χ4n) is 2.89. The van der Waals surface area contributed by atoms with Gasteiger partial charge in [-0.15, -0.1) is 0 Å². The van der Waals surface area contributed by atoms with Gasteiger partial charge in [0.1, 0.15) is 5.75 Å². The summed E-state index contributed by atoms with van der Waals surface area (Å²) >= 11 is 5.73. The summed E-state index contributed by atoms with van der Waals surface area (Å²) in [6, 6.07) is 20.5. The Morgan fingerprint density at radius 3 is 2.25 bits per heavy atom. The van der Waals surface area contributed by atoms with Gasteiger partial charge in [-0.1, -0.05) is 37.3 Å². The first kappa shape index (κ1) is 19.8. The van der Waals surface area contributed by atoms with Crippen molar-refractivity contribution in [1.29, 1.82) is 0 Å². The van der Waals surface area contributed by atoms with Crippen molar-refractivity contribution in [2.24, 2.45) is 0 Å². The van der Waals surface area contributed by atoms with E-state index in [1.165, 1.54) is 11.1 Å². The number of methoxy groups -OCH3 is 1. The van der Waals surface area contributed by atoms with Crippen LogP contribution >= 0.6 is 12.2 Å². The molecule has 1 N–H and O–H groups in total. The molecule has 0 unspecified atom stereocenters. The predicted octanol–water partition coefficient (Wildman–Crippen LogP) is 5.05. The first-order valence-corrected chi connectivity index (χ1v) is 9.75. The van der Waals surface area contributed by atoms with Gasteiger partial charge in [-0.2, -0.15) is 0 Å². The quantitative estimate of drug-likeness (QED) is 0.570. The van der Waals surface area contributed by atoms with Gasteiger partial charge in [-0.05, 0) is 65.7 Å². The number of ether oxygens (including phenoxy) is 1. The van der Waals surface area contributed by atoms with E-state index in [1.807, 2.05) is 36.5 Å².